The van der Waals surface area contributed by atoms with E-state index in [0.717, 1.165) is 44.4 Å². The SMILES string of the molecule is CC(=O)C(c1ccncc1)c1nccc2nc(-c3ccc(CNC(=O)OC(C)(C)C)cc3)c(-c3ccccc3)cc12. The summed E-state index contributed by atoms with van der Waals surface area (Å²) in [6.07, 6.45) is 4.63. The van der Waals surface area contributed by atoms with Gasteiger partial charge in [0.25, 0.3) is 0 Å². The molecule has 5 rings (SSSR count). The van der Waals surface area contributed by atoms with Crippen molar-refractivity contribution in [3.05, 3.63) is 114 Å². The van der Waals surface area contributed by atoms with E-state index in [2.05, 4.69) is 21.4 Å². The average Bonchev–Trinajstić information content (AvgIpc) is 2.96. The van der Waals surface area contributed by atoms with Crippen LogP contribution in [-0.4, -0.2) is 32.4 Å². The predicted molar refractivity (Wildman–Crippen MR) is 160 cm³/mol. The lowest BCUT2D eigenvalue weighted by molar-refractivity contribution is -0.117. The van der Waals surface area contributed by atoms with Crippen LogP contribution in [0.2, 0.25) is 0 Å². The summed E-state index contributed by atoms with van der Waals surface area (Å²) in [6, 6.07) is 25.7. The smallest absolute Gasteiger partial charge is 0.407 e. The Morgan fingerprint density at radius 2 is 1.59 bits per heavy atom. The summed E-state index contributed by atoms with van der Waals surface area (Å²) in [6.45, 7) is 7.44. The number of aromatic nitrogens is 3. The van der Waals surface area contributed by atoms with Crippen molar-refractivity contribution in [3.63, 3.8) is 0 Å². The molecule has 41 heavy (non-hydrogen) atoms. The minimum absolute atomic E-state index is 0.00267. The maximum absolute atomic E-state index is 12.9. The summed E-state index contributed by atoms with van der Waals surface area (Å²) in [7, 11) is 0. The number of nitrogens with zero attached hydrogens (tertiary/aromatic N) is 3. The number of alkyl carbamates (subject to hydrolysis) is 1. The van der Waals surface area contributed by atoms with Crippen molar-refractivity contribution in [1.82, 2.24) is 20.3 Å². The second kappa shape index (κ2) is 11.7. The third-order valence-electron chi connectivity index (χ3n) is 6.64. The van der Waals surface area contributed by atoms with Crippen LogP contribution in [0, 0.1) is 0 Å². The molecule has 0 saturated carbocycles. The van der Waals surface area contributed by atoms with Gasteiger partial charge in [-0.1, -0.05) is 54.6 Å². The van der Waals surface area contributed by atoms with Crippen LogP contribution in [0.5, 0.6) is 0 Å². The van der Waals surface area contributed by atoms with Crippen LogP contribution in [0.25, 0.3) is 33.3 Å². The molecular weight excluding hydrogens is 512 g/mol. The molecule has 7 nitrogen and oxygen atoms in total. The van der Waals surface area contributed by atoms with E-state index in [4.69, 9.17) is 9.72 Å². The minimum Gasteiger partial charge on any atom is -0.444 e. The molecule has 1 unspecified atom stereocenters. The van der Waals surface area contributed by atoms with E-state index >= 15 is 0 Å². The molecule has 3 heterocycles. The van der Waals surface area contributed by atoms with Crippen molar-refractivity contribution in [2.45, 2.75) is 45.8 Å². The van der Waals surface area contributed by atoms with Crippen LogP contribution >= 0.6 is 0 Å². The van der Waals surface area contributed by atoms with Gasteiger partial charge in [-0.15, -0.1) is 0 Å². The lowest BCUT2D eigenvalue weighted by Gasteiger charge is -2.19. The number of ether oxygens (including phenoxy) is 1. The van der Waals surface area contributed by atoms with Gasteiger partial charge in [0.15, 0.2) is 0 Å². The van der Waals surface area contributed by atoms with Crippen molar-refractivity contribution in [2.75, 3.05) is 0 Å². The number of hydrogen-bond donors (Lipinski definition) is 1. The van der Waals surface area contributed by atoms with Gasteiger partial charge in [-0.3, -0.25) is 14.8 Å². The van der Waals surface area contributed by atoms with Crippen molar-refractivity contribution in [1.29, 1.82) is 0 Å². The number of benzene rings is 2. The highest BCUT2D eigenvalue weighted by Gasteiger charge is 2.24. The maximum atomic E-state index is 12.9. The zero-order chi connectivity index (χ0) is 29.0. The Kier molecular flexibility index (Phi) is 7.88. The summed E-state index contributed by atoms with van der Waals surface area (Å²) < 4.78 is 5.34. The van der Waals surface area contributed by atoms with Gasteiger partial charge >= 0.3 is 6.09 Å². The molecule has 5 aromatic rings. The van der Waals surface area contributed by atoms with Gasteiger partial charge in [0.05, 0.1) is 22.8 Å². The molecule has 2 aromatic carbocycles. The number of carbonyl (C=O) groups is 2. The fourth-order valence-electron chi connectivity index (χ4n) is 4.82. The third-order valence-corrected chi connectivity index (χ3v) is 6.64. The van der Waals surface area contributed by atoms with Crippen molar-refractivity contribution in [2.24, 2.45) is 0 Å². The lowest BCUT2D eigenvalue weighted by Crippen LogP contribution is -2.32. The Bertz CT molecular complexity index is 1680. The number of hydrogen-bond acceptors (Lipinski definition) is 6. The topological polar surface area (TPSA) is 94.1 Å². The number of nitrogens with one attached hydrogen (secondary N) is 1. The highest BCUT2D eigenvalue weighted by atomic mass is 16.6. The van der Waals surface area contributed by atoms with Crippen molar-refractivity contribution < 1.29 is 14.3 Å². The first kappa shape index (κ1) is 27.6. The number of ketones is 1. The van der Waals surface area contributed by atoms with Gasteiger partial charge in [-0.25, -0.2) is 9.78 Å². The normalized spacial score (nSPS) is 12.1. The van der Waals surface area contributed by atoms with Crippen molar-refractivity contribution in [3.8, 4) is 22.4 Å². The molecule has 206 valence electrons. The second-order valence-corrected chi connectivity index (χ2v) is 10.9. The van der Waals surface area contributed by atoms with Crippen LogP contribution in [0.15, 0.2) is 97.5 Å². The van der Waals surface area contributed by atoms with E-state index in [1.807, 2.05) is 93.6 Å². The monoisotopic (exact) mass is 544 g/mol. The minimum atomic E-state index is -0.554. The Labute approximate surface area is 239 Å². The molecule has 3 aromatic heterocycles. The molecular formula is C34H32N4O3. The van der Waals surface area contributed by atoms with E-state index in [0.29, 0.717) is 12.2 Å². The van der Waals surface area contributed by atoms with Crippen LogP contribution in [0.4, 0.5) is 4.79 Å². The second-order valence-electron chi connectivity index (χ2n) is 10.9. The number of amides is 1. The fraction of sp³-hybridized carbons (Fsp3) is 0.206. The number of rotatable bonds is 7. The number of carbonyl (C=O) groups excluding carboxylic acids is 2. The van der Waals surface area contributed by atoms with E-state index in [1.54, 1.807) is 25.5 Å². The van der Waals surface area contributed by atoms with Crippen LogP contribution < -0.4 is 5.32 Å². The predicted octanol–water partition coefficient (Wildman–Crippen LogP) is 7.10. The number of Topliss-reactive ketones (excluding diaryl/α,β-unsaturated/α-hetero) is 1. The maximum Gasteiger partial charge on any atom is 0.407 e. The van der Waals surface area contributed by atoms with Crippen molar-refractivity contribution >= 4 is 22.8 Å². The highest BCUT2D eigenvalue weighted by molar-refractivity contribution is 5.97. The van der Waals surface area contributed by atoms with Crippen LogP contribution in [-0.2, 0) is 16.1 Å². The molecule has 0 spiro atoms. The van der Waals surface area contributed by atoms with Crippen LogP contribution in [0.3, 0.4) is 0 Å². The van der Waals surface area contributed by atoms with Gasteiger partial charge in [-0.2, -0.15) is 0 Å². The molecule has 0 radical (unpaired) electrons. The molecule has 0 aliphatic carbocycles. The molecule has 1 atom stereocenters. The van der Waals surface area contributed by atoms with E-state index < -0.39 is 17.6 Å². The van der Waals surface area contributed by atoms with Gasteiger partial charge in [0.1, 0.15) is 11.4 Å². The number of fused-ring (bicyclic) bond motifs is 1. The fourth-order valence-corrected chi connectivity index (χ4v) is 4.82. The van der Waals surface area contributed by atoms with Gasteiger partial charge < -0.3 is 10.1 Å². The number of pyridine rings is 3. The largest absolute Gasteiger partial charge is 0.444 e. The average molecular weight is 545 g/mol. The molecule has 0 fully saturated rings. The zero-order valence-electron chi connectivity index (χ0n) is 23.6. The summed E-state index contributed by atoms with van der Waals surface area (Å²) in [5.41, 5.74) is 6.33. The molecule has 0 aliphatic heterocycles. The molecule has 0 bridgehead atoms. The molecule has 0 saturated heterocycles. The first-order valence-corrected chi connectivity index (χ1v) is 13.5. The standard InChI is InChI=1S/C34H32N4O3/c1-22(39)30(25-14-17-35-18-15-25)32-28-20-27(24-8-6-5-7-9-24)31(38-29(28)16-19-36-32)26-12-10-23(11-13-26)21-37-33(40)41-34(2,3)4/h5-20,30H,21H2,1-4H3,(H,37,40). The molecule has 1 amide bonds. The molecule has 0 aliphatic rings. The highest BCUT2D eigenvalue weighted by Crippen LogP contribution is 2.37. The summed E-state index contributed by atoms with van der Waals surface area (Å²) in [5.74, 6) is -0.535. The van der Waals surface area contributed by atoms with E-state index in [-0.39, 0.29) is 5.78 Å². The van der Waals surface area contributed by atoms with Gasteiger partial charge in [-0.05, 0) is 68.7 Å². The Morgan fingerprint density at radius 1 is 0.878 bits per heavy atom. The quantitative estimate of drug-likeness (QED) is 0.235. The first-order valence-electron chi connectivity index (χ1n) is 13.5. The molecule has 1 N–H and O–H groups in total. The first-order chi connectivity index (χ1) is 19.7. The van der Waals surface area contributed by atoms with Crippen LogP contribution in [0.1, 0.15) is 50.4 Å². The Hall–Kier alpha value is -4.91. The zero-order valence-corrected chi connectivity index (χ0v) is 23.6. The van der Waals surface area contributed by atoms with E-state index in [9.17, 15) is 9.59 Å². The van der Waals surface area contributed by atoms with Gasteiger partial charge in [0, 0.05) is 41.6 Å². The summed E-state index contributed by atoms with van der Waals surface area (Å²) in [5, 5.41) is 3.62. The van der Waals surface area contributed by atoms with Gasteiger partial charge in [0.2, 0.25) is 0 Å². The van der Waals surface area contributed by atoms with E-state index in [1.165, 1.54) is 0 Å². The third kappa shape index (κ3) is 6.47. The Balaban J connectivity index is 1.57. The lowest BCUT2D eigenvalue weighted by atomic mass is 9.89. The summed E-state index contributed by atoms with van der Waals surface area (Å²) in [4.78, 5) is 38.9. The Morgan fingerprint density at radius 3 is 2.24 bits per heavy atom. The summed E-state index contributed by atoms with van der Waals surface area (Å²) >= 11 is 0. The molecule has 7 heteroatoms.